The summed E-state index contributed by atoms with van der Waals surface area (Å²) >= 11 is 0. The highest BCUT2D eigenvalue weighted by atomic mass is 19.1. The van der Waals surface area contributed by atoms with Gasteiger partial charge in [-0.3, -0.25) is 0 Å². The van der Waals surface area contributed by atoms with Gasteiger partial charge in [-0.25, -0.2) is 9.37 Å². The van der Waals surface area contributed by atoms with Crippen molar-refractivity contribution in [3.63, 3.8) is 0 Å². The minimum absolute atomic E-state index is 0.255. The third kappa shape index (κ3) is 4.36. The summed E-state index contributed by atoms with van der Waals surface area (Å²) in [5.41, 5.74) is 3.88. The number of fused-ring (bicyclic) bond motifs is 1. The van der Waals surface area contributed by atoms with E-state index in [9.17, 15) is 4.39 Å². The predicted molar refractivity (Wildman–Crippen MR) is 122 cm³/mol. The maximum Gasteiger partial charge on any atom is 0.257 e. The second-order valence-corrected chi connectivity index (χ2v) is 8.48. The van der Waals surface area contributed by atoms with E-state index in [0.717, 1.165) is 55.9 Å². The summed E-state index contributed by atoms with van der Waals surface area (Å²) in [4.78, 5) is 11.4. The monoisotopic (exact) mass is 434 g/mol. The first-order valence-corrected chi connectivity index (χ1v) is 11.1. The van der Waals surface area contributed by atoms with Crippen molar-refractivity contribution in [2.24, 2.45) is 7.05 Å². The summed E-state index contributed by atoms with van der Waals surface area (Å²) < 4.78 is 20.7. The fourth-order valence-electron chi connectivity index (χ4n) is 4.30. The second kappa shape index (κ2) is 8.70. The fourth-order valence-corrected chi connectivity index (χ4v) is 4.30. The number of benzene rings is 2. The largest absolute Gasteiger partial charge is 0.353 e. The summed E-state index contributed by atoms with van der Waals surface area (Å²) in [6.45, 7) is 4.96. The number of piperidine rings is 1. The Labute approximate surface area is 186 Å². The molecule has 0 atom stereocenters. The zero-order valence-corrected chi connectivity index (χ0v) is 18.4. The molecule has 0 saturated carbocycles. The van der Waals surface area contributed by atoms with Crippen LogP contribution in [0.3, 0.4) is 0 Å². The maximum atomic E-state index is 13.5. The average molecular weight is 435 g/mol. The average Bonchev–Trinajstić information content (AvgIpc) is 3.36. The number of halogens is 1. The smallest absolute Gasteiger partial charge is 0.257 e. The van der Waals surface area contributed by atoms with Crippen LogP contribution in [0.2, 0.25) is 0 Å². The van der Waals surface area contributed by atoms with Gasteiger partial charge in [0.25, 0.3) is 5.89 Å². The lowest BCUT2D eigenvalue weighted by molar-refractivity contribution is 0.221. The van der Waals surface area contributed by atoms with Gasteiger partial charge in [-0.2, -0.15) is 4.98 Å². The quantitative estimate of drug-likeness (QED) is 0.491. The number of nitrogens with one attached hydrogen (secondary N) is 1. The van der Waals surface area contributed by atoms with Gasteiger partial charge in [-0.15, -0.1) is 0 Å². The van der Waals surface area contributed by atoms with E-state index in [-0.39, 0.29) is 5.82 Å². The van der Waals surface area contributed by atoms with Gasteiger partial charge in [-0.05, 0) is 56.0 Å². The van der Waals surface area contributed by atoms with Crippen LogP contribution in [0.25, 0.3) is 22.5 Å². The zero-order valence-electron chi connectivity index (χ0n) is 18.4. The summed E-state index contributed by atoms with van der Waals surface area (Å²) in [5.74, 6) is 1.76. The molecule has 0 amide bonds. The van der Waals surface area contributed by atoms with E-state index >= 15 is 0 Å². The minimum atomic E-state index is -0.255. The first-order valence-electron chi connectivity index (χ1n) is 11.1. The van der Waals surface area contributed by atoms with Crippen LogP contribution in [-0.4, -0.2) is 50.3 Å². The van der Waals surface area contributed by atoms with Crippen molar-refractivity contribution in [3.8, 4) is 11.5 Å². The molecular weight excluding hydrogens is 407 g/mol. The molecule has 1 N–H and O–H groups in total. The molecule has 1 aliphatic rings. The third-order valence-corrected chi connectivity index (χ3v) is 6.21. The van der Waals surface area contributed by atoms with Gasteiger partial charge in [-0.1, -0.05) is 17.3 Å². The lowest BCUT2D eigenvalue weighted by atomic mass is 10.0. The third-order valence-electron chi connectivity index (χ3n) is 6.21. The standard InChI is InChI=1S/C24H27FN6O/c1-16-26-23(32-29-16)18-5-3-17(4-6-18)9-12-31-13-10-20(11-14-31)27-24-28-21-15-19(25)7-8-22(21)30(24)2/h3-8,15,20H,9-14H2,1-2H3,(H,27,28). The Hall–Kier alpha value is -3.26. The van der Waals surface area contributed by atoms with Gasteiger partial charge in [0.05, 0.1) is 11.0 Å². The molecule has 166 valence electrons. The van der Waals surface area contributed by atoms with Gasteiger partial charge in [0.1, 0.15) is 5.82 Å². The van der Waals surface area contributed by atoms with Gasteiger partial charge in [0.2, 0.25) is 5.95 Å². The van der Waals surface area contributed by atoms with Crippen molar-refractivity contribution in [1.82, 2.24) is 24.6 Å². The SMILES string of the molecule is Cc1noc(-c2ccc(CCN3CCC(Nc4nc5cc(F)ccc5n4C)CC3)cc2)n1. The van der Waals surface area contributed by atoms with Crippen LogP contribution in [0, 0.1) is 12.7 Å². The molecular formula is C24H27FN6O. The normalized spacial score (nSPS) is 15.5. The fraction of sp³-hybridized carbons (Fsp3) is 0.375. The van der Waals surface area contributed by atoms with Gasteiger partial charge in [0.15, 0.2) is 5.82 Å². The maximum absolute atomic E-state index is 13.5. The molecule has 1 aliphatic heterocycles. The highest BCUT2D eigenvalue weighted by molar-refractivity contribution is 5.78. The molecule has 4 aromatic rings. The minimum Gasteiger partial charge on any atom is -0.353 e. The first kappa shape index (κ1) is 20.6. The summed E-state index contributed by atoms with van der Waals surface area (Å²) in [5, 5.41) is 7.41. The number of nitrogens with zero attached hydrogens (tertiary/aromatic N) is 5. The predicted octanol–water partition coefficient (Wildman–Crippen LogP) is 4.19. The van der Waals surface area contributed by atoms with E-state index in [4.69, 9.17) is 4.52 Å². The molecule has 3 heterocycles. The molecule has 7 nitrogen and oxygen atoms in total. The molecule has 2 aromatic carbocycles. The Morgan fingerprint density at radius 3 is 2.59 bits per heavy atom. The Bertz CT molecular complexity index is 1210. The topological polar surface area (TPSA) is 72.0 Å². The number of hydrogen-bond acceptors (Lipinski definition) is 6. The Morgan fingerprint density at radius 2 is 1.88 bits per heavy atom. The summed E-state index contributed by atoms with van der Waals surface area (Å²) in [6, 6.07) is 13.5. The van der Waals surface area contributed by atoms with E-state index in [1.165, 1.54) is 17.7 Å². The van der Waals surface area contributed by atoms with Crippen molar-refractivity contribution >= 4 is 17.0 Å². The van der Waals surface area contributed by atoms with E-state index in [2.05, 4.69) is 37.5 Å². The molecule has 5 rings (SSSR count). The van der Waals surface area contributed by atoms with Crippen LogP contribution in [0.4, 0.5) is 10.3 Å². The Kier molecular flexibility index (Phi) is 5.61. The highest BCUT2D eigenvalue weighted by Crippen LogP contribution is 2.22. The summed E-state index contributed by atoms with van der Waals surface area (Å²) in [7, 11) is 1.97. The van der Waals surface area contributed by atoms with Gasteiger partial charge in [0, 0.05) is 44.4 Å². The molecule has 8 heteroatoms. The van der Waals surface area contributed by atoms with Crippen LogP contribution in [0.1, 0.15) is 24.2 Å². The number of likely N-dealkylation sites (tertiary alicyclic amines) is 1. The van der Waals surface area contributed by atoms with Gasteiger partial charge >= 0.3 is 0 Å². The van der Waals surface area contributed by atoms with Crippen LogP contribution in [-0.2, 0) is 13.5 Å². The van der Waals surface area contributed by atoms with Crippen molar-refractivity contribution in [2.75, 3.05) is 25.0 Å². The van der Waals surface area contributed by atoms with Crippen LogP contribution in [0.5, 0.6) is 0 Å². The van der Waals surface area contributed by atoms with Gasteiger partial charge < -0.3 is 19.3 Å². The molecule has 0 bridgehead atoms. The van der Waals surface area contributed by atoms with Crippen LogP contribution in [0.15, 0.2) is 47.0 Å². The second-order valence-electron chi connectivity index (χ2n) is 8.48. The van der Waals surface area contributed by atoms with E-state index in [1.54, 1.807) is 6.07 Å². The highest BCUT2D eigenvalue weighted by Gasteiger charge is 2.21. The lowest BCUT2D eigenvalue weighted by Crippen LogP contribution is -2.40. The number of anilines is 1. The van der Waals surface area contributed by atoms with E-state index < -0.39 is 0 Å². The van der Waals surface area contributed by atoms with E-state index in [0.29, 0.717) is 23.3 Å². The molecule has 0 unspecified atom stereocenters. The molecule has 32 heavy (non-hydrogen) atoms. The number of rotatable bonds is 6. The first-order chi connectivity index (χ1) is 15.5. The summed E-state index contributed by atoms with van der Waals surface area (Å²) in [6.07, 6.45) is 3.14. The Balaban J connectivity index is 1.12. The van der Waals surface area contributed by atoms with Crippen molar-refractivity contribution in [3.05, 3.63) is 59.7 Å². The molecule has 0 spiro atoms. The van der Waals surface area contributed by atoms with E-state index in [1.807, 2.05) is 30.7 Å². The lowest BCUT2D eigenvalue weighted by Gasteiger charge is -2.32. The molecule has 2 aromatic heterocycles. The molecule has 0 radical (unpaired) electrons. The zero-order chi connectivity index (χ0) is 22.1. The van der Waals surface area contributed by atoms with Crippen LogP contribution < -0.4 is 5.32 Å². The van der Waals surface area contributed by atoms with Crippen molar-refractivity contribution < 1.29 is 8.91 Å². The number of aromatic nitrogens is 4. The van der Waals surface area contributed by atoms with Crippen molar-refractivity contribution in [1.29, 1.82) is 0 Å². The number of imidazole rings is 1. The Morgan fingerprint density at radius 1 is 1.09 bits per heavy atom. The number of aryl methyl sites for hydroxylation is 2. The van der Waals surface area contributed by atoms with Crippen molar-refractivity contribution in [2.45, 2.75) is 32.2 Å². The molecule has 0 aliphatic carbocycles. The molecule has 1 fully saturated rings. The number of hydrogen-bond donors (Lipinski definition) is 1. The molecule has 1 saturated heterocycles. The van der Waals surface area contributed by atoms with Crippen LogP contribution >= 0.6 is 0 Å².